The summed E-state index contributed by atoms with van der Waals surface area (Å²) in [5.74, 6) is -0.0559. The van der Waals surface area contributed by atoms with E-state index in [1.807, 2.05) is 49.2 Å². The molecule has 1 N–H and O–H groups in total. The van der Waals surface area contributed by atoms with E-state index in [0.29, 0.717) is 12.2 Å². The SMILES string of the molecule is Cc1c(C(=O)N2CCNC[C@@H]2C)nnn1-c1cccc2cnccc12. The summed E-state index contributed by atoms with van der Waals surface area (Å²) in [4.78, 5) is 18.9. The minimum absolute atomic E-state index is 0.0559. The van der Waals surface area contributed by atoms with Crippen LogP contribution in [0.3, 0.4) is 0 Å². The molecule has 3 heterocycles. The van der Waals surface area contributed by atoms with Gasteiger partial charge in [-0.2, -0.15) is 0 Å². The number of carbonyl (C=O) groups is 1. The Morgan fingerprint density at radius 1 is 1.32 bits per heavy atom. The highest BCUT2D eigenvalue weighted by Crippen LogP contribution is 2.23. The lowest BCUT2D eigenvalue weighted by Crippen LogP contribution is -2.52. The van der Waals surface area contributed by atoms with Crippen molar-refractivity contribution in [2.75, 3.05) is 19.6 Å². The highest BCUT2D eigenvalue weighted by atomic mass is 16.2. The molecular formula is C18H20N6O. The van der Waals surface area contributed by atoms with Crippen molar-refractivity contribution in [3.8, 4) is 5.69 Å². The molecule has 7 nitrogen and oxygen atoms in total. The molecule has 1 aromatic carbocycles. The summed E-state index contributed by atoms with van der Waals surface area (Å²) in [5, 5.41) is 13.8. The standard InChI is InChI=1S/C18H20N6O/c1-12-10-20-8-9-23(12)18(25)17-13(2)24(22-21-17)16-5-3-4-14-11-19-7-6-15(14)16/h3-7,11-12,20H,8-10H2,1-2H3/t12-/m0/s1. The molecule has 0 radical (unpaired) electrons. The second-order valence-electron chi connectivity index (χ2n) is 6.36. The van der Waals surface area contributed by atoms with E-state index in [9.17, 15) is 4.79 Å². The molecule has 7 heteroatoms. The van der Waals surface area contributed by atoms with Gasteiger partial charge in [-0.15, -0.1) is 5.10 Å². The maximum absolute atomic E-state index is 12.9. The largest absolute Gasteiger partial charge is 0.332 e. The van der Waals surface area contributed by atoms with Gasteiger partial charge in [0.15, 0.2) is 5.69 Å². The molecule has 1 aliphatic heterocycles. The average molecular weight is 336 g/mol. The van der Waals surface area contributed by atoms with Crippen LogP contribution in [0.5, 0.6) is 0 Å². The first kappa shape index (κ1) is 15.7. The average Bonchev–Trinajstić information content (AvgIpc) is 3.02. The zero-order valence-corrected chi connectivity index (χ0v) is 14.3. The molecule has 0 spiro atoms. The zero-order valence-electron chi connectivity index (χ0n) is 14.3. The van der Waals surface area contributed by atoms with E-state index in [1.54, 1.807) is 10.9 Å². The maximum atomic E-state index is 12.9. The van der Waals surface area contributed by atoms with E-state index in [2.05, 4.69) is 20.6 Å². The summed E-state index contributed by atoms with van der Waals surface area (Å²) in [6.07, 6.45) is 3.58. The Morgan fingerprint density at radius 3 is 3.04 bits per heavy atom. The molecule has 1 fully saturated rings. The van der Waals surface area contributed by atoms with Crippen LogP contribution in [0.4, 0.5) is 0 Å². The predicted octanol–water partition coefficient (Wildman–Crippen LogP) is 1.56. The Morgan fingerprint density at radius 2 is 2.20 bits per heavy atom. The van der Waals surface area contributed by atoms with Gasteiger partial charge in [0.1, 0.15) is 0 Å². The summed E-state index contributed by atoms with van der Waals surface area (Å²) < 4.78 is 1.74. The Bertz CT molecular complexity index is 929. The van der Waals surface area contributed by atoms with Gasteiger partial charge in [-0.25, -0.2) is 4.68 Å². The number of nitrogens with one attached hydrogen (secondary N) is 1. The molecule has 1 atom stereocenters. The second-order valence-corrected chi connectivity index (χ2v) is 6.36. The van der Waals surface area contributed by atoms with Gasteiger partial charge in [-0.3, -0.25) is 9.78 Å². The lowest BCUT2D eigenvalue weighted by Gasteiger charge is -2.33. The molecule has 1 saturated heterocycles. The third kappa shape index (κ3) is 2.66. The van der Waals surface area contributed by atoms with Gasteiger partial charge in [0, 0.05) is 48.8 Å². The molecule has 0 saturated carbocycles. The summed E-state index contributed by atoms with van der Waals surface area (Å²) in [6, 6.07) is 8.04. The highest BCUT2D eigenvalue weighted by Gasteiger charge is 2.28. The van der Waals surface area contributed by atoms with Crippen molar-refractivity contribution >= 4 is 16.7 Å². The van der Waals surface area contributed by atoms with Crippen LogP contribution in [0.2, 0.25) is 0 Å². The van der Waals surface area contributed by atoms with E-state index in [-0.39, 0.29) is 11.9 Å². The van der Waals surface area contributed by atoms with Crippen LogP contribution < -0.4 is 5.32 Å². The van der Waals surface area contributed by atoms with Gasteiger partial charge in [-0.1, -0.05) is 17.3 Å². The number of fused-ring (bicyclic) bond motifs is 1. The Labute approximate surface area is 145 Å². The molecule has 1 aliphatic rings. The van der Waals surface area contributed by atoms with Gasteiger partial charge in [0.2, 0.25) is 0 Å². The third-order valence-electron chi connectivity index (χ3n) is 4.75. The van der Waals surface area contributed by atoms with Crippen LogP contribution in [-0.4, -0.2) is 56.5 Å². The van der Waals surface area contributed by atoms with Crippen molar-refractivity contribution < 1.29 is 4.79 Å². The van der Waals surface area contributed by atoms with Crippen LogP contribution in [0.1, 0.15) is 23.1 Å². The fourth-order valence-electron chi connectivity index (χ4n) is 3.32. The van der Waals surface area contributed by atoms with Crippen LogP contribution in [0.15, 0.2) is 36.7 Å². The number of hydrogen-bond acceptors (Lipinski definition) is 5. The van der Waals surface area contributed by atoms with Crippen molar-refractivity contribution in [1.82, 2.24) is 30.2 Å². The van der Waals surface area contributed by atoms with Crippen molar-refractivity contribution in [2.24, 2.45) is 0 Å². The van der Waals surface area contributed by atoms with E-state index in [4.69, 9.17) is 0 Å². The van der Waals surface area contributed by atoms with E-state index >= 15 is 0 Å². The van der Waals surface area contributed by atoms with Crippen molar-refractivity contribution in [3.05, 3.63) is 48.0 Å². The topological polar surface area (TPSA) is 75.9 Å². The lowest BCUT2D eigenvalue weighted by atomic mass is 10.1. The summed E-state index contributed by atoms with van der Waals surface area (Å²) in [6.45, 7) is 6.22. The monoisotopic (exact) mass is 336 g/mol. The van der Waals surface area contributed by atoms with E-state index in [1.165, 1.54) is 0 Å². The Balaban J connectivity index is 1.75. The maximum Gasteiger partial charge on any atom is 0.276 e. The van der Waals surface area contributed by atoms with Crippen molar-refractivity contribution in [2.45, 2.75) is 19.9 Å². The number of nitrogens with zero attached hydrogens (tertiary/aromatic N) is 5. The van der Waals surface area contributed by atoms with Crippen molar-refractivity contribution in [3.63, 3.8) is 0 Å². The van der Waals surface area contributed by atoms with Gasteiger partial charge in [0.25, 0.3) is 5.91 Å². The van der Waals surface area contributed by atoms with Crippen LogP contribution in [0.25, 0.3) is 16.5 Å². The number of aromatic nitrogens is 4. The Hall–Kier alpha value is -2.80. The quantitative estimate of drug-likeness (QED) is 0.768. The minimum Gasteiger partial charge on any atom is -0.332 e. The molecule has 0 aliphatic carbocycles. The number of piperazine rings is 1. The number of hydrogen-bond donors (Lipinski definition) is 1. The number of rotatable bonds is 2. The lowest BCUT2D eigenvalue weighted by molar-refractivity contribution is 0.0649. The summed E-state index contributed by atoms with van der Waals surface area (Å²) in [5.41, 5.74) is 2.07. The molecule has 3 aromatic rings. The van der Waals surface area contributed by atoms with Crippen LogP contribution in [0, 0.1) is 6.92 Å². The molecule has 128 valence electrons. The van der Waals surface area contributed by atoms with Crippen LogP contribution >= 0.6 is 0 Å². The van der Waals surface area contributed by atoms with Crippen molar-refractivity contribution in [1.29, 1.82) is 0 Å². The smallest absolute Gasteiger partial charge is 0.276 e. The molecule has 25 heavy (non-hydrogen) atoms. The fraction of sp³-hybridized carbons (Fsp3) is 0.333. The second kappa shape index (κ2) is 6.25. The number of carbonyl (C=O) groups excluding carboxylic acids is 1. The first-order chi connectivity index (χ1) is 12.2. The fourth-order valence-corrected chi connectivity index (χ4v) is 3.32. The predicted molar refractivity (Wildman–Crippen MR) is 94.8 cm³/mol. The molecule has 0 bridgehead atoms. The van der Waals surface area contributed by atoms with E-state index < -0.39 is 0 Å². The Kier molecular flexibility index (Phi) is 3.93. The molecule has 2 aromatic heterocycles. The summed E-state index contributed by atoms with van der Waals surface area (Å²) in [7, 11) is 0. The number of benzene rings is 1. The summed E-state index contributed by atoms with van der Waals surface area (Å²) >= 11 is 0. The molecule has 1 amide bonds. The van der Waals surface area contributed by atoms with Gasteiger partial charge < -0.3 is 10.2 Å². The van der Waals surface area contributed by atoms with Gasteiger partial charge in [-0.05, 0) is 26.0 Å². The number of amides is 1. The minimum atomic E-state index is -0.0559. The zero-order chi connectivity index (χ0) is 17.4. The van der Waals surface area contributed by atoms with E-state index in [0.717, 1.165) is 35.2 Å². The number of pyridine rings is 1. The first-order valence-corrected chi connectivity index (χ1v) is 8.44. The molecular weight excluding hydrogens is 316 g/mol. The molecule has 0 unspecified atom stereocenters. The molecule has 4 rings (SSSR count). The normalized spacial score (nSPS) is 17.8. The van der Waals surface area contributed by atoms with Gasteiger partial charge >= 0.3 is 0 Å². The third-order valence-corrected chi connectivity index (χ3v) is 4.75. The first-order valence-electron chi connectivity index (χ1n) is 8.44. The van der Waals surface area contributed by atoms with Crippen LogP contribution in [-0.2, 0) is 0 Å². The highest BCUT2D eigenvalue weighted by molar-refractivity contribution is 5.94. The van der Waals surface area contributed by atoms with Gasteiger partial charge in [0.05, 0.1) is 11.4 Å².